The van der Waals surface area contributed by atoms with E-state index in [0.717, 1.165) is 28.5 Å². The summed E-state index contributed by atoms with van der Waals surface area (Å²) in [6, 6.07) is 20.3. The van der Waals surface area contributed by atoms with Gasteiger partial charge in [-0.1, -0.05) is 53.6 Å². The number of methoxy groups -OCH3 is 1. The Bertz CT molecular complexity index is 1330. The van der Waals surface area contributed by atoms with Gasteiger partial charge in [-0.2, -0.15) is 0 Å². The Morgan fingerprint density at radius 2 is 1.75 bits per heavy atom. The summed E-state index contributed by atoms with van der Waals surface area (Å²) >= 11 is 0.907. The zero-order chi connectivity index (χ0) is 25.7. The quantitative estimate of drug-likeness (QED) is 0.406. The topological polar surface area (TPSA) is 84.9 Å². The number of benzene rings is 3. The highest BCUT2D eigenvalue weighted by Gasteiger charge is 2.35. The van der Waals surface area contributed by atoms with E-state index in [9.17, 15) is 14.4 Å². The molecular weight excluding hydrogens is 476 g/mol. The summed E-state index contributed by atoms with van der Waals surface area (Å²) in [4.78, 5) is 39.2. The van der Waals surface area contributed by atoms with Crippen LogP contribution >= 0.6 is 11.8 Å². The van der Waals surface area contributed by atoms with Gasteiger partial charge in [0.2, 0.25) is 0 Å². The first-order valence-corrected chi connectivity index (χ1v) is 12.1. The maximum absolute atomic E-state index is 12.9. The summed E-state index contributed by atoms with van der Waals surface area (Å²) in [5.74, 6) is 0.165. The lowest BCUT2D eigenvalue weighted by molar-refractivity contribution is -0.123. The fraction of sp³-hybridized carbons (Fsp3) is 0.179. The van der Waals surface area contributed by atoms with Crippen LogP contribution in [0.15, 0.2) is 71.6 Å². The Labute approximate surface area is 214 Å². The van der Waals surface area contributed by atoms with Crippen LogP contribution in [0.25, 0.3) is 6.08 Å². The molecule has 0 unspecified atom stereocenters. The molecule has 0 bridgehead atoms. The Kier molecular flexibility index (Phi) is 7.75. The molecule has 184 valence electrons. The second-order valence-electron chi connectivity index (χ2n) is 8.37. The first-order chi connectivity index (χ1) is 17.3. The van der Waals surface area contributed by atoms with Gasteiger partial charge in [0.15, 0.2) is 18.1 Å². The van der Waals surface area contributed by atoms with Crippen LogP contribution < -0.4 is 14.8 Å². The number of anilines is 1. The number of nitrogens with one attached hydrogen (secondary N) is 1. The molecule has 4 rings (SSSR count). The van der Waals surface area contributed by atoms with E-state index in [4.69, 9.17) is 9.47 Å². The zero-order valence-corrected chi connectivity index (χ0v) is 21.1. The van der Waals surface area contributed by atoms with Gasteiger partial charge in [-0.3, -0.25) is 19.3 Å². The van der Waals surface area contributed by atoms with Crippen LogP contribution in [0.3, 0.4) is 0 Å². The summed E-state index contributed by atoms with van der Waals surface area (Å²) < 4.78 is 11.1. The number of hydrogen-bond donors (Lipinski definition) is 1. The first-order valence-electron chi connectivity index (χ1n) is 11.3. The van der Waals surface area contributed by atoms with Crippen molar-refractivity contribution in [3.63, 3.8) is 0 Å². The molecule has 1 N–H and O–H groups in total. The molecule has 8 heteroatoms. The van der Waals surface area contributed by atoms with Crippen molar-refractivity contribution in [2.45, 2.75) is 20.4 Å². The molecule has 1 fully saturated rings. The number of rotatable bonds is 8. The summed E-state index contributed by atoms with van der Waals surface area (Å²) in [6.45, 7) is 3.97. The maximum atomic E-state index is 12.9. The lowest BCUT2D eigenvalue weighted by atomic mass is 10.1. The molecule has 1 saturated heterocycles. The van der Waals surface area contributed by atoms with Crippen molar-refractivity contribution in [3.8, 4) is 11.5 Å². The van der Waals surface area contributed by atoms with E-state index in [1.165, 1.54) is 12.0 Å². The van der Waals surface area contributed by atoms with Gasteiger partial charge < -0.3 is 14.8 Å². The van der Waals surface area contributed by atoms with E-state index in [-0.39, 0.29) is 30.2 Å². The number of nitrogens with zero attached hydrogens (tertiary/aromatic N) is 1. The monoisotopic (exact) mass is 502 g/mol. The standard InChI is InChI=1S/C28H26N2O5S/c1-18-7-10-22(11-8-18)29-26(31)17-35-23-12-9-20(14-24(23)34-3)15-25-27(32)30(28(33)36-25)16-21-6-4-5-19(2)13-21/h4-15H,16-17H2,1-3H3,(H,29,31)/b25-15+. The summed E-state index contributed by atoms with van der Waals surface area (Å²) in [5.41, 5.74) is 4.42. The molecule has 0 aliphatic carbocycles. The molecule has 0 atom stereocenters. The first kappa shape index (κ1) is 25.1. The van der Waals surface area contributed by atoms with E-state index < -0.39 is 0 Å². The average Bonchev–Trinajstić information content (AvgIpc) is 3.11. The second kappa shape index (κ2) is 11.1. The van der Waals surface area contributed by atoms with E-state index in [0.29, 0.717) is 27.7 Å². The van der Waals surface area contributed by atoms with Gasteiger partial charge in [0.1, 0.15) is 0 Å². The third-order valence-corrected chi connectivity index (χ3v) is 6.38. The highest BCUT2D eigenvalue weighted by Crippen LogP contribution is 2.35. The summed E-state index contributed by atoms with van der Waals surface area (Å²) in [7, 11) is 1.49. The molecule has 3 amide bonds. The van der Waals surface area contributed by atoms with Gasteiger partial charge in [0.25, 0.3) is 17.1 Å². The predicted octanol–water partition coefficient (Wildman–Crippen LogP) is 5.57. The molecule has 0 radical (unpaired) electrons. The number of imide groups is 1. The number of carbonyl (C=O) groups excluding carboxylic acids is 3. The predicted molar refractivity (Wildman–Crippen MR) is 141 cm³/mol. The highest BCUT2D eigenvalue weighted by atomic mass is 32.2. The van der Waals surface area contributed by atoms with Gasteiger partial charge >= 0.3 is 0 Å². The number of carbonyl (C=O) groups is 3. The van der Waals surface area contributed by atoms with Gasteiger partial charge in [-0.25, -0.2) is 0 Å². The minimum Gasteiger partial charge on any atom is -0.493 e. The third kappa shape index (κ3) is 6.14. The molecule has 7 nitrogen and oxygen atoms in total. The van der Waals surface area contributed by atoms with Crippen LogP contribution in [-0.4, -0.2) is 35.7 Å². The van der Waals surface area contributed by atoms with Crippen LogP contribution in [-0.2, 0) is 16.1 Å². The molecule has 0 saturated carbocycles. The van der Waals surface area contributed by atoms with Crippen LogP contribution in [0.2, 0.25) is 0 Å². The normalized spacial score (nSPS) is 14.3. The Hall–Kier alpha value is -4.04. The van der Waals surface area contributed by atoms with Gasteiger partial charge in [-0.05, 0) is 67.1 Å². The molecule has 1 aliphatic rings. The van der Waals surface area contributed by atoms with E-state index in [2.05, 4.69) is 5.32 Å². The fourth-order valence-electron chi connectivity index (χ4n) is 3.65. The van der Waals surface area contributed by atoms with E-state index in [1.807, 2.05) is 62.4 Å². The minimum atomic E-state index is -0.335. The van der Waals surface area contributed by atoms with Crippen molar-refractivity contribution in [1.82, 2.24) is 4.90 Å². The Balaban J connectivity index is 1.41. The number of thioether (sulfide) groups is 1. The van der Waals surface area contributed by atoms with Crippen molar-refractivity contribution in [2.75, 3.05) is 19.0 Å². The van der Waals surface area contributed by atoms with E-state index >= 15 is 0 Å². The maximum Gasteiger partial charge on any atom is 0.293 e. The molecule has 1 aliphatic heterocycles. The molecule has 3 aromatic carbocycles. The largest absolute Gasteiger partial charge is 0.493 e. The molecular formula is C28H26N2O5S. The van der Waals surface area contributed by atoms with Crippen molar-refractivity contribution in [1.29, 1.82) is 0 Å². The molecule has 1 heterocycles. The number of ether oxygens (including phenoxy) is 2. The Morgan fingerprint density at radius 3 is 2.47 bits per heavy atom. The SMILES string of the molecule is COc1cc(/C=C2/SC(=O)N(Cc3cccc(C)c3)C2=O)ccc1OCC(=O)Nc1ccc(C)cc1. The van der Waals surface area contributed by atoms with Crippen LogP contribution in [0.5, 0.6) is 11.5 Å². The molecule has 0 aromatic heterocycles. The number of hydrogen-bond acceptors (Lipinski definition) is 6. The third-order valence-electron chi connectivity index (χ3n) is 5.48. The smallest absolute Gasteiger partial charge is 0.293 e. The van der Waals surface area contributed by atoms with Gasteiger partial charge in [0.05, 0.1) is 18.6 Å². The summed E-state index contributed by atoms with van der Waals surface area (Å²) in [5, 5.41) is 2.47. The second-order valence-corrected chi connectivity index (χ2v) is 9.36. The number of aryl methyl sites for hydroxylation is 2. The summed E-state index contributed by atoms with van der Waals surface area (Å²) in [6.07, 6.45) is 1.65. The van der Waals surface area contributed by atoms with Crippen molar-refractivity contribution in [3.05, 3.63) is 93.9 Å². The van der Waals surface area contributed by atoms with Crippen LogP contribution in [0.4, 0.5) is 10.5 Å². The average molecular weight is 503 g/mol. The van der Waals surface area contributed by atoms with E-state index in [1.54, 1.807) is 24.3 Å². The lowest BCUT2D eigenvalue weighted by Crippen LogP contribution is -2.27. The minimum absolute atomic E-state index is 0.193. The fourth-order valence-corrected chi connectivity index (χ4v) is 4.49. The highest BCUT2D eigenvalue weighted by molar-refractivity contribution is 8.18. The van der Waals surface area contributed by atoms with Crippen molar-refractivity contribution >= 4 is 40.6 Å². The Morgan fingerprint density at radius 1 is 0.972 bits per heavy atom. The molecule has 0 spiro atoms. The van der Waals surface area contributed by atoms with Crippen molar-refractivity contribution in [2.24, 2.45) is 0 Å². The zero-order valence-electron chi connectivity index (χ0n) is 20.2. The van der Waals surface area contributed by atoms with Crippen molar-refractivity contribution < 1.29 is 23.9 Å². The molecule has 3 aromatic rings. The van der Waals surface area contributed by atoms with Gasteiger partial charge in [-0.15, -0.1) is 0 Å². The van der Waals surface area contributed by atoms with Crippen LogP contribution in [0, 0.1) is 13.8 Å². The molecule has 36 heavy (non-hydrogen) atoms. The lowest BCUT2D eigenvalue weighted by Gasteiger charge is -2.13. The number of amides is 3. The van der Waals surface area contributed by atoms with Crippen LogP contribution in [0.1, 0.15) is 22.3 Å². The van der Waals surface area contributed by atoms with Gasteiger partial charge in [0, 0.05) is 5.69 Å².